The van der Waals surface area contributed by atoms with Gasteiger partial charge in [-0.15, -0.1) is 0 Å². The van der Waals surface area contributed by atoms with Crippen LogP contribution in [0.5, 0.6) is 11.5 Å². The Kier molecular flexibility index (Phi) is 7.77. The molecule has 0 unspecified atom stereocenters. The van der Waals surface area contributed by atoms with Gasteiger partial charge in [0.2, 0.25) is 10.0 Å². The summed E-state index contributed by atoms with van der Waals surface area (Å²) in [5.74, 6) is 0.212. The number of hydrogen-bond donors (Lipinski definition) is 2. The van der Waals surface area contributed by atoms with Crippen LogP contribution >= 0.6 is 15.9 Å². The molecule has 0 radical (unpaired) electrons. The molecule has 156 valence electrons. The van der Waals surface area contributed by atoms with E-state index in [4.69, 9.17) is 14.6 Å². The maximum atomic E-state index is 12.5. The molecule has 0 saturated carbocycles. The Morgan fingerprint density at radius 3 is 2.53 bits per heavy atom. The molecule has 0 aliphatic heterocycles. The lowest BCUT2D eigenvalue weighted by Gasteiger charge is -2.12. The minimum atomic E-state index is -3.84. The van der Waals surface area contributed by atoms with Crippen molar-refractivity contribution in [3.63, 3.8) is 0 Å². The average molecular weight is 492 g/mol. The van der Waals surface area contributed by atoms with Gasteiger partial charge in [-0.05, 0) is 64.0 Å². The van der Waals surface area contributed by atoms with E-state index in [9.17, 15) is 18.5 Å². The maximum absolute atomic E-state index is 12.5. The number of benzene rings is 2. The molecule has 2 rings (SSSR count). The van der Waals surface area contributed by atoms with Gasteiger partial charge in [0.25, 0.3) is 5.91 Å². The van der Waals surface area contributed by atoms with E-state index in [1.165, 1.54) is 37.5 Å². The molecule has 0 heterocycles. The highest BCUT2D eigenvalue weighted by Crippen LogP contribution is 2.37. The van der Waals surface area contributed by atoms with Gasteiger partial charge >= 0.3 is 0 Å². The zero-order valence-corrected chi connectivity index (χ0v) is 18.3. The molecule has 0 bridgehead atoms. The van der Waals surface area contributed by atoms with Crippen molar-refractivity contribution in [2.75, 3.05) is 19.0 Å². The van der Waals surface area contributed by atoms with Crippen molar-refractivity contribution >= 4 is 43.6 Å². The minimum absolute atomic E-state index is 0.0905. The predicted octanol–water partition coefficient (Wildman–Crippen LogP) is 3.22. The molecule has 0 aliphatic rings. The highest BCUT2D eigenvalue weighted by molar-refractivity contribution is 9.10. The lowest BCUT2D eigenvalue weighted by Crippen LogP contribution is -2.14. The third-order valence-corrected chi connectivity index (χ3v) is 5.23. The van der Waals surface area contributed by atoms with Crippen LogP contribution in [0.4, 0.5) is 5.69 Å². The summed E-state index contributed by atoms with van der Waals surface area (Å²) >= 11 is 3.38. The first-order valence-electron chi connectivity index (χ1n) is 8.36. The normalized spacial score (nSPS) is 11.3. The average Bonchev–Trinajstić information content (AvgIpc) is 2.70. The van der Waals surface area contributed by atoms with Crippen LogP contribution in [0.25, 0.3) is 6.08 Å². The van der Waals surface area contributed by atoms with E-state index in [2.05, 4.69) is 27.8 Å². The number of halogens is 1. The largest absolute Gasteiger partial charge is 0.493 e. The van der Waals surface area contributed by atoms with Gasteiger partial charge in [0.15, 0.2) is 11.5 Å². The Balaban J connectivity index is 2.28. The molecule has 2 aromatic rings. The van der Waals surface area contributed by atoms with E-state index in [0.29, 0.717) is 27.2 Å². The molecule has 0 spiro atoms. The van der Waals surface area contributed by atoms with Gasteiger partial charge in [-0.3, -0.25) is 4.79 Å². The predicted molar refractivity (Wildman–Crippen MR) is 116 cm³/mol. The summed E-state index contributed by atoms with van der Waals surface area (Å²) in [6.07, 6.45) is 2.98. The number of nitrogens with two attached hydrogens (primary N) is 1. The van der Waals surface area contributed by atoms with Gasteiger partial charge in [-0.25, -0.2) is 13.6 Å². The number of nitriles is 1. The number of primary sulfonamides is 1. The number of sulfonamides is 1. The monoisotopic (exact) mass is 491 g/mol. The first kappa shape index (κ1) is 23.2. The van der Waals surface area contributed by atoms with Crippen LogP contribution in [-0.4, -0.2) is 28.0 Å². The van der Waals surface area contributed by atoms with Crippen molar-refractivity contribution in [2.45, 2.75) is 4.90 Å². The fourth-order valence-electron chi connectivity index (χ4n) is 2.35. The Morgan fingerprint density at radius 1 is 1.33 bits per heavy atom. The first-order valence-corrected chi connectivity index (χ1v) is 10.7. The smallest absolute Gasteiger partial charge is 0.266 e. The molecule has 10 heteroatoms. The van der Waals surface area contributed by atoms with Gasteiger partial charge in [0.05, 0.1) is 16.5 Å². The summed E-state index contributed by atoms with van der Waals surface area (Å²) in [7, 11) is -2.37. The number of anilines is 1. The van der Waals surface area contributed by atoms with E-state index < -0.39 is 15.9 Å². The summed E-state index contributed by atoms with van der Waals surface area (Å²) < 4.78 is 34.0. The first-order chi connectivity index (χ1) is 14.2. The third kappa shape index (κ3) is 5.93. The summed E-state index contributed by atoms with van der Waals surface area (Å²) in [6, 6.07) is 10.4. The molecule has 1 amide bonds. The lowest BCUT2D eigenvalue weighted by atomic mass is 10.1. The standard InChI is InChI=1S/C20H18BrN3O5S/c1-3-8-29-19-17(21)10-13(11-18(19)28-2)9-14(12-22)20(25)24-15-4-6-16(7-5-15)30(23,26)27/h3-7,9-11H,1,8H2,2H3,(H,24,25)(H2,23,26,27)/b14-9+. The summed E-state index contributed by atoms with van der Waals surface area (Å²) in [5.41, 5.74) is 0.667. The van der Waals surface area contributed by atoms with Gasteiger partial charge in [-0.2, -0.15) is 5.26 Å². The van der Waals surface area contributed by atoms with Crippen molar-refractivity contribution < 1.29 is 22.7 Å². The molecule has 0 atom stereocenters. The number of nitrogens with one attached hydrogen (secondary N) is 1. The number of carbonyl (C=O) groups is 1. The summed E-state index contributed by atoms with van der Waals surface area (Å²) in [5, 5.41) is 17.0. The number of carbonyl (C=O) groups excluding carboxylic acids is 1. The van der Waals surface area contributed by atoms with E-state index in [0.717, 1.165) is 0 Å². The fraction of sp³-hybridized carbons (Fsp3) is 0.100. The second kappa shape index (κ2) is 10.1. The number of ether oxygens (including phenoxy) is 2. The Labute approximate surface area is 182 Å². The lowest BCUT2D eigenvalue weighted by molar-refractivity contribution is -0.112. The molecule has 30 heavy (non-hydrogen) atoms. The number of rotatable bonds is 8. The fourth-order valence-corrected chi connectivity index (χ4v) is 3.44. The van der Waals surface area contributed by atoms with E-state index >= 15 is 0 Å². The van der Waals surface area contributed by atoms with Crippen LogP contribution in [0.1, 0.15) is 5.56 Å². The van der Waals surface area contributed by atoms with E-state index in [1.54, 1.807) is 18.2 Å². The molecule has 8 nitrogen and oxygen atoms in total. The van der Waals surface area contributed by atoms with Crippen molar-refractivity contribution in [1.29, 1.82) is 5.26 Å². The quantitative estimate of drug-likeness (QED) is 0.331. The van der Waals surface area contributed by atoms with Gasteiger partial charge in [0.1, 0.15) is 18.2 Å². The van der Waals surface area contributed by atoms with E-state index in [1.807, 2.05) is 6.07 Å². The van der Waals surface area contributed by atoms with Crippen LogP contribution in [0.15, 0.2) is 64.0 Å². The van der Waals surface area contributed by atoms with Crippen molar-refractivity contribution in [1.82, 2.24) is 0 Å². The number of hydrogen-bond acceptors (Lipinski definition) is 6. The van der Waals surface area contributed by atoms with Crippen molar-refractivity contribution in [3.8, 4) is 17.6 Å². The zero-order valence-electron chi connectivity index (χ0n) is 15.9. The van der Waals surface area contributed by atoms with Gasteiger partial charge in [-0.1, -0.05) is 12.7 Å². The highest BCUT2D eigenvalue weighted by Gasteiger charge is 2.14. The van der Waals surface area contributed by atoms with Gasteiger partial charge in [0, 0.05) is 5.69 Å². The van der Waals surface area contributed by atoms with Crippen molar-refractivity contribution in [2.24, 2.45) is 5.14 Å². The number of nitrogens with zero attached hydrogens (tertiary/aromatic N) is 1. The maximum Gasteiger partial charge on any atom is 0.266 e. The highest BCUT2D eigenvalue weighted by atomic mass is 79.9. The van der Waals surface area contributed by atoms with Crippen LogP contribution < -0.4 is 19.9 Å². The third-order valence-electron chi connectivity index (χ3n) is 3.71. The Bertz CT molecular complexity index is 1140. The van der Waals surface area contributed by atoms with Crippen LogP contribution in [0.3, 0.4) is 0 Å². The van der Waals surface area contributed by atoms with Crippen molar-refractivity contribution in [3.05, 3.63) is 64.7 Å². The molecule has 0 aromatic heterocycles. The number of methoxy groups -OCH3 is 1. The summed E-state index contributed by atoms with van der Waals surface area (Å²) in [6.45, 7) is 3.87. The zero-order chi connectivity index (χ0) is 22.3. The second-order valence-electron chi connectivity index (χ2n) is 5.83. The van der Waals surface area contributed by atoms with Crippen LogP contribution in [0, 0.1) is 11.3 Å². The topological polar surface area (TPSA) is 132 Å². The molecule has 2 aromatic carbocycles. The Morgan fingerprint density at radius 2 is 2.00 bits per heavy atom. The Hall–Kier alpha value is -3.13. The second-order valence-corrected chi connectivity index (χ2v) is 8.24. The van der Waals surface area contributed by atoms with Crippen LogP contribution in [0.2, 0.25) is 0 Å². The SMILES string of the molecule is C=CCOc1c(Br)cc(/C=C(\C#N)C(=O)Nc2ccc(S(N)(=O)=O)cc2)cc1OC. The molecular weight excluding hydrogens is 474 g/mol. The molecule has 0 saturated heterocycles. The molecule has 0 fully saturated rings. The summed E-state index contributed by atoms with van der Waals surface area (Å²) in [4.78, 5) is 12.4. The molecule has 0 aliphatic carbocycles. The minimum Gasteiger partial charge on any atom is -0.493 e. The number of amides is 1. The molecule has 3 N–H and O–H groups in total. The van der Waals surface area contributed by atoms with Crippen LogP contribution in [-0.2, 0) is 14.8 Å². The van der Waals surface area contributed by atoms with Gasteiger partial charge < -0.3 is 14.8 Å². The van der Waals surface area contributed by atoms with E-state index in [-0.39, 0.29) is 17.1 Å². The molecular formula is C20H18BrN3O5S.